The van der Waals surface area contributed by atoms with Gasteiger partial charge < -0.3 is 10.6 Å². The first-order valence-electron chi connectivity index (χ1n) is 11.5. The van der Waals surface area contributed by atoms with Gasteiger partial charge in [-0.05, 0) is 47.8 Å². The minimum Gasteiger partial charge on any atom is -0.363 e. The number of anilines is 2. The molecule has 2 atom stereocenters. The number of hydrogen-bond donors (Lipinski definition) is 4. The number of nitrogens with one attached hydrogen (secondary N) is 4. The number of carbonyl (C=O) groups excluding carboxylic acids is 1. The number of hydrazine groups is 1. The van der Waals surface area contributed by atoms with Gasteiger partial charge in [0, 0.05) is 18.2 Å². The summed E-state index contributed by atoms with van der Waals surface area (Å²) in [6.07, 6.45) is -4.78. The Labute approximate surface area is 212 Å². The minimum atomic E-state index is -4.54. The van der Waals surface area contributed by atoms with Crippen LogP contribution in [0.5, 0.6) is 0 Å². The Morgan fingerprint density at radius 3 is 2.47 bits per heavy atom. The van der Waals surface area contributed by atoms with Crippen LogP contribution in [0.2, 0.25) is 0 Å². The van der Waals surface area contributed by atoms with Gasteiger partial charge in [0.25, 0.3) is 5.91 Å². The predicted molar refractivity (Wildman–Crippen MR) is 137 cm³/mol. The normalized spacial score (nSPS) is 17.2. The zero-order valence-electron chi connectivity index (χ0n) is 20.0. The fourth-order valence-corrected chi connectivity index (χ4v) is 4.22. The minimum absolute atomic E-state index is 0.118. The SMILES string of the molecule is Cc1ccccc1NC(=S)NNC(=O)c1cc2n(n1)C(C(F)(F)F)CC(c1ccc(C(C)C)cc1)N2. The monoisotopic (exact) mass is 516 g/mol. The Bertz CT molecular complexity index is 1260. The topological polar surface area (TPSA) is 83.0 Å². The molecule has 1 aromatic heterocycles. The number of rotatable bonds is 4. The summed E-state index contributed by atoms with van der Waals surface area (Å²) in [5.74, 6) is -0.282. The Balaban J connectivity index is 1.48. The first-order valence-corrected chi connectivity index (χ1v) is 11.9. The van der Waals surface area contributed by atoms with Crippen molar-refractivity contribution >= 4 is 34.7 Å². The summed E-state index contributed by atoms with van der Waals surface area (Å²) in [7, 11) is 0. The van der Waals surface area contributed by atoms with Gasteiger partial charge in [-0.25, -0.2) is 4.68 Å². The van der Waals surface area contributed by atoms with Crippen molar-refractivity contribution in [1.29, 1.82) is 0 Å². The van der Waals surface area contributed by atoms with E-state index in [0.717, 1.165) is 27.1 Å². The van der Waals surface area contributed by atoms with Crippen LogP contribution in [0.4, 0.5) is 24.7 Å². The van der Waals surface area contributed by atoms with Gasteiger partial charge >= 0.3 is 6.18 Å². The number of amides is 1. The van der Waals surface area contributed by atoms with Gasteiger partial charge in [0.1, 0.15) is 5.82 Å². The lowest BCUT2D eigenvalue weighted by atomic mass is 9.94. The van der Waals surface area contributed by atoms with Crippen molar-refractivity contribution in [2.45, 2.75) is 51.4 Å². The number of carbonyl (C=O) groups is 1. The highest BCUT2D eigenvalue weighted by Crippen LogP contribution is 2.43. The van der Waals surface area contributed by atoms with Crippen LogP contribution >= 0.6 is 12.2 Å². The molecule has 7 nitrogen and oxygen atoms in total. The number of benzene rings is 2. The van der Waals surface area contributed by atoms with E-state index in [4.69, 9.17) is 12.2 Å². The molecule has 0 radical (unpaired) electrons. The third-order valence-corrected chi connectivity index (χ3v) is 6.31. The van der Waals surface area contributed by atoms with E-state index in [-0.39, 0.29) is 23.0 Å². The number of nitrogens with zero attached hydrogens (tertiary/aromatic N) is 2. The molecule has 1 aliphatic rings. The van der Waals surface area contributed by atoms with E-state index in [9.17, 15) is 18.0 Å². The molecule has 4 N–H and O–H groups in total. The van der Waals surface area contributed by atoms with Gasteiger partial charge in [-0.1, -0.05) is 56.3 Å². The number of para-hydroxylation sites is 1. The molecule has 3 aromatic rings. The van der Waals surface area contributed by atoms with Crippen molar-refractivity contribution in [3.05, 3.63) is 77.0 Å². The Morgan fingerprint density at radius 2 is 1.83 bits per heavy atom. The van der Waals surface area contributed by atoms with Gasteiger partial charge in [-0.15, -0.1) is 0 Å². The maximum atomic E-state index is 14.0. The first kappa shape index (κ1) is 25.5. The summed E-state index contributed by atoms with van der Waals surface area (Å²) in [6, 6.07) is 13.8. The zero-order chi connectivity index (χ0) is 26.0. The van der Waals surface area contributed by atoms with Crippen molar-refractivity contribution in [3.63, 3.8) is 0 Å². The highest BCUT2D eigenvalue weighted by atomic mass is 32.1. The molecule has 2 aromatic carbocycles. The van der Waals surface area contributed by atoms with Crippen molar-refractivity contribution in [2.75, 3.05) is 10.6 Å². The Hall–Kier alpha value is -3.60. The third kappa shape index (κ3) is 5.62. The van der Waals surface area contributed by atoms with E-state index in [1.807, 2.05) is 55.5 Å². The van der Waals surface area contributed by atoms with Gasteiger partial charge in [0.2, 0.25) is 0 Å². The summed E-state index contributed by atoms with van der Waals surface area (Å²) >= 11 is 5.19. The molecule has 0 bridgehead atoms. The lowest BCUT2D eigenvalue weighted by molar-refractivity contribution is -0.173. The van der Waals surface area contributed by atoms with Gasteiger partial charge in [-0.3, -0.25) is 15.6 Å². The summed E-state index contributed by atoms with van der Waals surface area (Å²) in [6.45, 7) is 6.01. The van der Waals surface area contributed by atoms with Crippen molar-refractivity contribution in [1.82, 2.24) is 20.6 Å². The van der Waals surface area contributed by atoms with Crippen LogP contribution in [-0.4, -0.2) is 27.0 Å². The van der Waals surface area contributed by atoms with Crippen LogP contribution in [-0.2, 0) is 0 Å². The van der Waals surface area contributed by atoms with E-state index in [1.54, 1.807) is 0 Å². The molecule has 190 valence electrons. The van der Waals surface area contributed by atoms with E-state index < -0.39 is 24.2 Å². The third-order valence-electron chi connectivity index (χ3n) is 6.11. The molecule has 0 saturated carbocycles. The number of aromatic nitrogens is 2. The number of hydrogen-bond acceptors (Lipinski definition) is 4. The van der Waals surface area contributed by atoms with E-state index in [0.29, 0.717) is 5.92 Å². The molecule has 0 fully saturated rings. The molecule has 1 amide bonds. The fourth-order valence-electron chi connectivity index (χ4n) is 4.06. The number of aryl methyl sites for hydroxylation is 1. The lowest BCUT2D eigenvalue weighted by Crippen LogP contribution is -2.44. The molecule has 2 heterocycles. The summed E-state index contributed by atoms with van der Waals surface area (Å²) in [5, 5.41) is 10.1. The smallest absolute Gasteiger partial charge is 0.363 e. The molecule has 2 unspecified atom stereocenters. The van der Waals surface area contributed by atoms with Crippen molar-refractivity contribution in [3.8, 4) is 0 Å². The summed E-state index contributed by atoms with van der Waals surface area (Å²) in [5.41, 5.74) is 8.32. The second kappa shape index (κ2) is 10.2. The number of halogens is 3. The van der Waals surface area contributed by atoms with Gasteiger partial charge in [0.05, 0.1) is 6.04 Å². The van der Waals surface area contributed by atoms with Crippen LogP contribution in [0.15, 0.2) is 54.6 Å². The highest BCUT2D eigenvalue weighted by Gasteiger charge is 2.46. The number of thiocarbonyl (C=S) groups is 1. The van der Waals surface area contributed by atoms with E-state index in [2.05, 4.69) is 40.4 Å². The van der Waals surface area contributed by atoms with E-state index in [1.165, 1.54) is 6.07 Å². The number of fused-ring (bicyclic) bond motifs is 1. The molecule has 0 aliphatic carbocycles. The second-order valence-electron chi connectivity index (χ2n) is 9.02. The fraction of sp³-hybridized carbons (Fsp3) is 0.320. The lowest BCUT2D eigenvalue weighted by Gasteiger charge is -2.33. The molecule has 36 heavy (non-hydrogen) atoms. The van der Waals surface area contributed by atoms with Crippen LogP contribution < -0.4 is 21.5 Å². The predicted octanol–water partition coefficient (Wildman–Crippen LogP) is 5.61. The average Bonchev–Trinajstić information content (AvgIpc) is 3.27. The Morgan fingerprint density at radius 1 is 1.14 bits per heavy atom. The molecule has 1 aliphatic heterocycles. The molecule has 4 rings (SSSR count). The second-order valence-corrected chi connectivity index (χ2v) is 9.43. The van der Waals surface area contributed by atoms with Gasteiger partial charge in [-0.2, -0.15) is 18.3 Å². The van der Waals surface area contributed by atoms with Gasteiger partial charge in [0.15, 0.2) is 16.8 Å². The molecule has 11 heteroatoms. The standard InChI is InChI=1S/C25H27F3N6OS/c1-14(2)16-8-10-17(11-9-16)19-12-21(25(26,27)28)34-22(29-19)13-20(33-34)23(35)31-32-24(36)30-18-7-5-4-6-15(18)3/h4-11,13-14,19,21,29H,12H2,1-3H3,(H,31,35)(H2,30,32,36). The zero-order valence-corrected chi connectivity index (χ0v) is 20.8. The molecule has 0 spiro atoms. The highest BCUT2D eigenvalue weighted by molar-refractivity contribution is 7.80. The maximum Gasteiger partial charge on any atom is 0.410 e. The number of alkyl halides is 3. The molecular formula is C25H27F3N6OS. The van der Waals surface area contributed by atoms with Crippen molar-refractivity contribution in [2.24, 2.45) is 0 Å². The van der Waals surface area contributed by atoms with Crippen LogP contribution in [0.25, 0.3) is 0 Å². The summed E-state index contributed by atoms with van der Waals surface area (Å²) < 4.78 is 42.7. The summed E-state index contributed by atoms with van der Waals surface area (Å²) in [4.78, 5) is 12.6. The molecular weight excluding hydrogens is 489 g/mol. The van der Waals surface area contributed by atoms with Crippen LogP contribution in [0.1, 0.15) is 65.4 Å². The Kier molecular flexibility index (Phi) is 7.21. The largest absolute Gasteiger partial charge is 0.410 e. The van der Waals surface area contributed by atoms with E-state index >= 15 is 0 Å². The van der Waals surface area contributed by atoms with Crippen molar-refractivity contribution < 1.29 is 18.0 Å². The maximum absolute atomic E-state index is 14.0. The van der Waals surface area contributed by atoms with Crippen LogP contribution in [0, 0.1) is 6.92 Å². The average molecular weight is 517 g/mol. The van der Waals surface area contributed by atoms with Crippen LogP contribution in [0.3, 0.4) is 0 Å². The molecule has 0 saturated heterocycles. The first-order chi connectivity index (χ1) is 17.0. The quantitative estimate of drug-likeness (QED) is 0.267.